The van der Waals surface area contributed by atoms with Crippen LogP contribution in [0.2, 0.25) is 0 Å². The molecule has 0 spiro atoms. The Morgan fingerprint density at radius 3 is 2.46 bits per heavy atom. The van der Waals surface area contributed by atoms with Crippen LogP contribution in [0.1, 0.15) is 21.9 Å². The number of ether oxygens (including phenoxy) is 3. The van der Waals surface area contributed by atoms with Crippen LogP contribution >= 0.6 is 0 Å². The highest BCUT2D eigenvalue weighted by Crippen LogP contribution is 2.24. The van der Waals surface area contributed by atoms with Crippen LogP contribution < -0.4 is 10.1 Å². The van der Waals surface area contributed by atoms with Crippen LogP contribution in [-0.4, -0.2) is 37.2 Å². The number of carboxylic acid groups (broad SMARTS) is 1. The van der Waals surface area contributed by atoms with Gasteiger partial charge in [-0.15, -0.1) is 0 Å². The van der Waals surface area contributed by atoms with E-state index in [0.29, 0.717) is 17.2 Å². The summed E-state index contributed by atoms with van der Waals surface area (Å²) in [7, 11) is 2.40. The molecule has 0 aliphatic carbocycles. The van der Waals surface area contributed by atoms with Crippen molar-refractivity contribution >= 4 is 23.6 Å². The number of hydrogen-bond donors (Lipinski definition) is 2. The zero-order valence-corrected chi connectivity index (χ0v) is 15.5. The van der Waals surface area contributed by atoms with Gasteiger partial charge in [0.1, 0.15) is 23.8 Å². The number of carbonyl (C=O) groups is 3. The third kappa shape index (κ3) is 5.37. The number of furan rings is 1. The molecule has 0 radical (unpaired) electrons. The molecule has 2 N–H and O–H groups in total. The van der Waals surface area contributed by atoms with Crippen molar-refractivity contribution in [3.63, 3.8) is 0 Å². The van der Waals surface area contributed by atoms with Crippen LogP contribution in [0, 0.1) is 6.92 Å². The third-order valence-corrected chi connectivity index (χ3v) is 3.59. The van der Waals surface area contributed by atoms with Crippen molar-refractivity contribution in [3.05, 3.63) is 59.2 Å². The van der Waals surface area contributed by atoms with Gasteiger partial charge in [0, 0.05) is 5.69 Å². The van der Waals surface area contributed by atoms with Crippen LogP contribution in [0.25, 0.3) is 0 Å². The van der Waals surface area contributed by atoms with Crippen LogP contribution in [0.15, 0.2) is 46.5 Å². The zero-order valence-electron chi connectivity index (χ0n) is 15.5. The van der Waals surface area contributed by atoms with Gasteiger partial charge in [-0.05, 0) is 42.8 Å². The number of rotatable bonds is 8. The molecule has 148 valence electrons. The molecular formula is C19H19NO8. The van der Waals surface area contributed by atoms with E-state index < -0.39 is 17.9 Å². The van der Waals surface area contributed by atoms with Gasteiger partial charge in [0.2, 0.25) is 5.76 Å². The minimum Gasteiger partial charge on any atom is -0.486 e. The van der Waals surface area contributed by atoms with E-state index in [0.717, 1.165) is 11.6 Å². The Bertz CT molecular complexity index is 912. The predicted octanol–water partition coefficient (Wildman–Crippen LogP) is 2.51. The average molecular weight is 389 g/mol. The van der Waals surface area contributed by atoms with Crippen molar-refractivity contribution in [2.45, 2.75) is 13.5 Å². The Balaban J connectivity index is 2.09. The smallest absolute Gasteiger partial charge is 0.371 e. The molecule has 0 aliphatic rings. The maximum absolute atomic E-state index is 11.8. The zero-order chi connectivity index (χ0) is 20.7. The molecule has 28 heavy (non-hydrogen) atoms. The van der Waals surface area contributed by atoms with E-state index >= 15 is 0 Å². The lowest BCUT2D eigenvalue weighted by Gasteiger charge is -2.13. The molecule has 0 amide bonds. The van der Waals surface area contributed by atoms with E-state index in [2.05, 4.69) is 14.8 Å². The Morgan fingerprint density at radius 1 is 1.14 bits per heavy atom. The topological polar surface area (TPSA) is 124 Å². The van der Waals surface area contributed by atoms with Crippen molar-refractivity contribution in [2.75, 3.05) is 19.5 Å². The molecule has 0 fully saturated rings. The molecule has 0 aliphatic heterocycles. The van der Waals surface area contributed by atoms with Gasteiger partial charge in [-0.2, -0.15) is 0 Å². The van der Waals surface area contributed by atoms with E-state index in [1.807, 2.05) is 0 Å². The lowest BCUT2D eigenvalue weighted by molar-refractivity contribution is -0.138. The fourth-order valence-corrected chi connectivity index (χ4v) is 2.17. The number of methoxy groups -OCH3 is 2. The Labute approximate surface area is 160 Å². The number of aryl methyl sites for hydroxylation is 1. The molecule has 9 heteroatoms. The molecule has 0 bridgehead atoms. The fraction of sp³-hybridized carbons (Fsp3) is 0.211. The number of carboxylic acids is 1. The standard InChI is InChI=1S/C19H19NO8/c1-11-8-12(27-10-13-5-7-16(28-13)18(22)23)4-6-14(11)20-15(19(24)26-3)9-17(21)25-2/h4-9,20H,10H2,1-3H3,(H,22,23)/b15-9+. The Kier molecular flexibility index (Phi) is 6.80. The molecule has 0 saturated carbocycles. The summed E-state index contributed by atoms with van der Waals surface area (Å²) in [6, 6.07) is 7.87. The summed E-state index contributed by atoms with van der Waals surface area (Å²) in [6.45, 7) is 1.83. The molecular weight excluding hydrogens is 370 g/mol. The summed E-state index contributed by atoms with van der Waals surface area (Å²) in [6.07, 6.45) is 0.993. The van der Waals surface area contributed by atoms with E-state index in [9.17, 15) is 14.4 Å². The number of esters is 2. The van der Waals surface area contributed by atoms with Crippen molar-refractivity contribution in [1.82, 2.24) is 0 Å². The molecule has 1 aromatic heterocycles. The quantitative estimate of drug-likeness (QED) is 0.517. The highest BCUT2D eigenvalue weighted by molar-refractivity contribution is 5.98. The molecule has 0 saturated heterocycles. The van der Waals surface area contributed by atoms with E-state index in [4.69, 9.17) is 14.3 Å². The SMILES string of the molecule is COC(=O)/C=C(/Nc1ccc(OCc2ccc(C(=O)O)o2)cc1C)C(=O)OC. The van der Waals surface area contributed by atoms with Crippen LogP contribution in [0.3, 0.4) is 0 Å². The van der Waals surface area contributed by atoms with E-state index in [1.165, 1.54) is 26.4 Å². The van der Waals surface area contributed by atoms with Gasteiger partial charge in [-0.25, -0.2) is 14.4 Å². The number of benzene rings is 1. The highest BCUT2D eigenvalue weighted by atomic mass is 16.5. The Morgan fingerprint density at radius 2 is 1.89 bits per heavy atom. The van der Waals surface area contributed by atoms with Crippen LogP contribution in [-0.2, 0) is 25.7 Å². The van der Waals surface area contributed by atoms with Crippen molar-refractivity contribution in [3.8, 4) is 5.75 Å². The number of hydrogen-bond acceptors (Lipinski definition) is 8. The average Bonchev–Trinajstić information content (AvgIpc) is 3.16. The minimum atomic E-state index is -1.15. The summed E-state index contributed by atoms with van der Waals surface area (Å²) in [4.78, 5) is 34.0. The fourth-order valence-electron chi connectivity index (χ4n) is 2.17. The summed E-state index contributed by atoms with van der Waals surface area (Å²) in [5.74, 6) is -1.87. The monoisotopic (exact) mass is 389 g/mol. The molecule has 0 unspecified atom stereocenters. The van der Waals surface area contributed by atoms with Gasteiger partial charge in [-0.1, -0.05) is 0 Å². The lowest BCUT2D eigenvalue weighted by Crippen LogP contribution is -2.16. The summed E-state index contributed by atoms with van der Waals surface area (Å²) in [5, 5.41) is 11.7. The first kappa shape index (κ1) is 20.6. The molecule has 2 rings (SSSR count). The van der Waals surface area contributed by atoms with E-state index in [-0.39, 0.29) is 18.1 Å². The van der Waals surface area contributed by atoms with Crippen molar-refractivity contribution in [1.29, 1.82) is 0 Å². The number of nitrogens with one attached hydrogen (secondary N) is 1. The first-order valence-corrected chi connectivity index (χ1v) is 8.04. The number of anilines is 1. The van der Waals surface area contributed by atoms with Gasteiger partial charge < -0.3 is 29.1 Å². The van der Waals surface area contributed by atoms with Crippen LogP contribution in [0.4, 0.5) is 5.69 Å². The van der Waals surface area contributed by atoms with Crippen molar-refractivity contribution < 1.29 is 38.1 Å². The van der Waals surface area contributed by atoms with Gasteiger partial charge in [-0.3, -0.25) is 0 Å². The number of carbonyl (C=O) groups excluding carboxylic acids is 2. The van der Waals surface area contributed by atoms with Crippen molar-refractivity contribution in [2.24, 2.45) is 0 Å². The maximum Gasteiger partial charge on any atom is 0.371 e. The summed E-state index contributed by atoms with van der Waals surface area (Å²) >= 11 is 0. The second-order valence-corrected chi connectivity index (χ2v) is 5.53. The largest absolute Gasteiger partial charge is 0.486 e. The summed E-state index contributed by atoms with van der Waals surface area (Å²) < 4.78 is 19.9. The molecule has 9 nitrogen and oxygen atoms in total. The first-order chi connectivity index (χ1) is 13.3. The van der Waals surface area contributed by atoms with Gasteiger partial charge in [0.25, 0.3) is 0 Å². The number of aromatic carboxylic acids is 1. The normalized spacial score (nSPS) is 10.9. The van der Waals surface area contributed by atoms with Gasteiger partial charge >= 0.3 is 17.9 Å². The second-order valence-electron chi connectivity index (χ2n) is 5.53. The highest BCUT2D eigenvalue weighted by Gasteiger charge is 2.14. The molecule has 2 aromatic rings. The predicted molar refractivity (Wildman–Crippen MR) is 96.9 cm³/mol. The Hall–Kier alpha value is -3.75. The second kappa shape index (κ2) is 9.26. The van der Waals surface area contributed by atoms with Gasteiger partial charge in [0.05, 0.1) is 20.3 Å². The molecule has 1 heterocycles. The van der Waals surface area contributed by atoms with E-state index in [1.54, 1.807) is 25.1 Å². The third-order valence-electron chi connectivity index (χ3n) is 3.59. The molecule has 0 atom stereocenters. The maximum atomic E-state index is 11.8. The minimum absolute atomic E-state index is 0.0507. The summed E-state index contributed by atoms with van der Waals surface area (Å²) in [5.41, 5.74) is 1.20. The lowest BCUT2D eigenvalue weighted by atomic mass is 10.2. The van der Waals surface area contributed by atoms with Gasteiger partial charge in [0.15, 0.2) is 0 Å². The first-order valence-electron chi connectivity index (χ1n) is 8.04. The van der Waals surface area contributed by atoms with Crippen LogP contribution in [0.5, 0.6) is 5.75 Å². The molecule has 1 aromatic carbocycles.